The van der Waals surface area contributed by atoms with Crippen LogP contribution in [0.3, 0.4) is 0 Å². The molecule has 0 amide bonds. The van der Waals surface area contributed by atoms with Crippen LogP contribution in [0.2, 0.25) is 0 Å². The molecule has 2 rings (SSSR count). The zero-order valence-corrected chi connectivity index (χ0v) is 12.4. The van der Waals surface area contributed by atoms with Crippen molar-refractivity contribution < 1.29 is 0 Å². The largest absolute Gasteiger partial charge is 0.309 e. The van der Waals surface area contributed by atoms with E-state index in [1.165, 1.54) is 5.56 Å². The van der Waals surface area contributed by atoms with Gasteiger partial charge in [0.05, 0.1) is 17.6 Å². The van der Waals surface area contributed by atoms with E-state index in [9.17, 15) is 0 Å². The van der Waals surface area contributed by atoms with Gasteiger partial charge >= 0.3 is 0 Å². The Bertz CT molecular complexity index is 534. The fourth-order valence-electron chi connectivity index (χ4n) is 1.68. The molecule has 18 heavy (non-hydrogen) atoms. The molecule has 0 aliphatic heterocycles. The lowest BCUT2D eigenvalue weighted by Gasteiger charge is -2.11. The summed E-state index contributed by atoms with van der Waals surface area (Å²) in [5.41, 5.74) is 3.26. The molecule has 1 aromatic heterocycles. The number of aromatic nitrogens is 3. The second-order valence-electron chi connectivity index (χ2n) is 4.58. The van der Waals surface area contributed by atoms with Crippen LogP contribution in [0.1, 0.15) is 25.1 Å². The standard InChI is InChI=1S/C13H17BrN4/c1-9(2)15-7-11-8-16-17-18(11)12-6-4-5-10(3)13(12)14/h4-6,8-9,15H,7H2,1-3H3. The molecule has 0 bridgehead atoms. The topological polar surface area (TPSA) is 42.7 Å². The minimum Gasteiger partial charge on any atom is -0.309 e. The lowest BCUT2D eigenvalue weighted by atomic mass is 10.2. The molecule has 2 aromatic rings. The van der Waals surface area contributed by atoms with Crippen molar-refractivity contribution in [2.45, 2.75) is 33.4 Å². The Morgan fingerprint density at radius 2 is 2.17 bits per heavy atom. The third-order valence-electron chi connectivity index (χ3n) is 2.71. The van der Waals surface area contributed by atoms with Gasteiger partial charge in [0, 0.05) is 17.1 Å². The van der Waals surface area contributed by atoms with Crippen LogP contribution in [0.25, 0.3) is 5.69 Å². The molecule has 0 radical (unpaired) electrons. The van der Waals surface area contributed by atoms with E-state index >= 15 is 0 Å². The fraction of sp³-hybridized carbons (Fsp3) is 0.385. The molecule has 0 fully saturated rings. The first-order valence-corrected chi connectivity index (χ1v) is 6.77. The summed E-state index contributed by atoms with van der Waals surface area (Å²) in [4.78, 5) is 0. The van der Waals surface area contributed by atoms with E-state index in [0.717, 1.165) is 22.4 Å². The Morgan fingerprint density at radius 3 is 2.89 bits per heavy atom. The van der Waals surface area contributed by atoms with E-state index in [4.69, 9.17) is 0 Å². The van der Waals surface area contributed by atoms with Crippen LogP contribution < -0.4 is 5.32 Å². The molecule has 0 saturated carbocycles. The number of rotatable bonds is 4. The van der Waals surface area contributed by atoms with Crippen LogP contribution >= 0.6 is 15.9 Å². The highest BCUT2D eigenvalue weighted by Crippen LogP contribution is 2.24. The maximum absolute atomic E-state index is 4.16. The third-order valence-corrected chi connectivity index (χ3v) is 3.74. The van der Waals surface area contributed by atoms with Crippen molar-refractivity contribution in [3.05, 3.63) is 40.1 Å². The number of nitrogens with zero attached hydrogens (tertiary/aromatic N) is 3. The maximum atomic E-state index is 4.16. The minimum atomic E-state index is 0.439. The van der Waals surface area contributed by atoms with Crippen LogP contribution in [0, 0.1) is 6.92 Å². The van der Waals surface area contributed by atoms with E-state index in [0.29, 0.717) is 6.04 Å². The van der Waals surface area contributed by atoms with E-state index in [-0.39, 0.29) is 0 Å². The number of hydrogen-bond acceptors (Lipinski definition) is 3. The van der Waals surface area contributed by atoms with Gasteiger partial charge in [-0.05, 0) is 34.5 Å². The summed E-state index contributed by atoms with van der Waals surface area (Å²) in [6.07, 6.45) is 1.80. The Labute approximate surface area is 116 Å². The summed E-state index contributed by atoms with van der Waals surface area (Å²) >= 11 is 3.61. The lowest BCUT2D eigenvalue weighted by Crippen LogP contribution is -2.23. The zero-order valence-electron chi connectivity index (χ0n) is 10.8. The summed E-state index contributed by atoms with van der Waals surface area (Å²) in [5.74, 6) is 0. The highest BCUT2D eigenvalue weighted by molar-refractivity contribution is 9.10. The van der Waals surface area contributed by atoms with Gasteiger partial charge in [0.1, 0.15) is 0 Å². The Hall–Kier alpha value is -1.20. The summed E-state index contributed by atoms with van der Waals surface area (Å²) in [6.45, 7) is 7.06. The van der Waals surface area contributed by atoms with Gasteiger partial charge in [0.25, 0.3) is 0 Å². The minimum absolute atomic E-state index is 0.439. The first-order valence-electron chi connectivity index (χ1n) is 5.98. The Kier molecular flexibility index (Phi) is 4.14. The van der Waals surface area contributed by atoms with Gasteiger partial charge in [0.2, 0.25) is 0 Å². The van der Waals surface area contributed by atoms with Gasteiger partial charge in [-0.1, -0.05) is 31.2 Å². The molecule has 1 N–H and O–H groups in total. The van der Waals surface area contributed by atoms with Gasteiger partial charge in [-0.15, -0.1) is 5.10 Å². The van der Waals surface area contributed by atoms with Gasteiger partial charge in [-0.25, -0.2) is 4.68 Å². The number of halogens is 1. The predicted octanol–water partition coefficient (Wildman–Crippen LogP) is 2.84. The highest BCUT2D eigenvalue weighted by Gasteiger charge is 2.10. The fourth-order valence-corrected chi connectivity index (χ4v) is 2.12. The molecule has 4 nitrogen and oxygen atoms in total. The number of aryl methyl sites for hydroxylation is 1. The molecule has 1 aromatic carbocycles. The van der Waals surface area contributed by atoms with Gasteiger partial charge in [-0.2, -0.15) is 0 Å². The van der Waals surface area contributed by atoms with Crippen molar-refractivity contribution in [1.82, 2.24) is 20.3 Å². The quantitative estimate of drug-likeness (QED) is 0.944. The molecule has 0 atom stereocenters. The van der Waals surface area contributed by atoms with Crippen LogP contribution in [0.5, 0.6) is 0 Å². The number of hydrogen-bond donors (Lipinski definition) is 1. The normalized spacial score (nSPS) is 11.2. The second kappa shape index (κ2) is 5.63. The molecule has 5 heteroatoms. The molecule has 1 heterocycles. The lowest BCUT2D eigenvalue weighted by molar-refractivity contribution is 0.570. The SMILES string of the molecule is Cc1cccc(-n2nncc2CNC(C)C)c1Br. The van der Waals surface area contributed by atoms with Crippen molar-refractivity contribution in [3.63, 3.8) is 0 Å². The smallest absolute Gasteiger partial charge is 0.0811 e. The molecule has 96 valence electrons. The molecule has 0 aliphatic carbocycles. The number of nitrogens with one attached hydrogen (secondary N) is 1. The van der Waals surface area contributed by atoms with E-state index < -0.39 is 0 Å². The molecule has 0 unspecified atom stereocenters. The second-order valence-corrected chi connectivity index (χ2v) is 5.37. The van der Waals surface area contributed by atoms with Crippen molar-refractivity contribution in [2.24, 2.45) is 0 Å². The van der Waals surface area contributed by atoms with Gasteiger partial charge in [-0.3, -0.25) is 0 Å². The van der Waals surface area contributed by atoms with Crippen LogP contribution in [-0.4, -0.2) is 21.0 Å². The predicted molar refractivity (Wildman–Crippen MR) is 75.8 cm³/mol. The zero-order chi connectivity index (χ0) is 13.1. The van der Waals surface area contributed by atoms with E-state index in [1.54, 1.807) is 6.20 Å². The van der Waals surface area contributed by atoms with E-state index in [2.05, 4.69) is 58.4 Å². The highest BCUT2D eigenvalue weighted by atomic mass is 79.9. The summed E-state index contributed by atoms with van der Waals surface area (Å²) in [7, 11) is 0. The summed E-state index contributed by atoms with van der Waals surface area (Å²) in [6, 6.07) is 6.56. The average Bonchev–Trinajstić information content (AvgIpc) is 2.78. The maximum Gasteiger partial charge on any atom is 0.0811 e. The monoisotopic (exact) mass is 308 g/mol. The van der Waals surface area contributed by atoms with Crippen LogP contribution in [0.4, 0.5) is 0 Å². The van der Waals surface area contributed by atoms with Gasteiger partial charge in [0.15, 0.2) is 0 Å². The molecule has 0 spiro atoms. The average molecular weight is 309 g/mol. The van der Waals surface area contributed by atoms with Crippen molar-refractivity contribution >= 4 is 15.9 Å². The van der Waals surface area contributed by atoms with Crippen molar-refractivity contribution in [3.8, 4) is 5.69 Å². The first-order chi connectivity index (χ1) is 8.59. The van der Waals surface area contributed by atoms with Crippen LogP contribution in [0.15, 0.2) is 28.9 Å². The Morgan fingerprint density at radius 1 is 1.39 bits per heavy atom. The van der Waals surface area contributed by atoms with Gasteiger partial charge < -0.3 is 5.32 Å². The molecule has 0 saturated heterocycles. The summed E-state index contributed by atoms with van der Waals surface area (Å²) in [5, 5.41) is 11.5. The van der Waals surface area contributed by atoms with Crippen molar-refractivity contribution in [1.29, 1.82) is 0 Å². The molecular weight excluding hydrogens is 292 g/mol. The Balaban J connectivity index is 2.33. The molecule has 0 aliphatic rings. The number of benzene rings is 1. The first kappa shape index (κ1) is 13.2. The third kappa shape index (κ3) is 2.79. The van der Waals surface area contributed by atoms with Crippen LogP contribution in [-0.2, 0) is 6.54 Å². The van der Waals surface area contributed by atoms with E-state index in [1.807, 2.05) is 16.8 Å². The molecular formula is C13H17BrN4. The summed E-state index contributed by atoms with van der Waals surface area (Å²) < 4.78 is 2.92. The van der Waals surface area contributed by atoms with Crippen molar-refractivity contribution in [2.75, 3.05) is 0 Å².